The van der Waals surface area contributed by atoms with Gasteiger partial charge in [-0.1, -0.05) is 45.3 Å². The molecule has 4 N–H and O–H groups in total. The highest BCUT2D eigenvalue weighted by Crippen LogP contribution is 2.51. The molecule has 1 saturated heterocycles. The molecule has 1 aliphatic heterocycles. The lowest BCUT2D eigenvalue weighted by atomic mass is 9.38. The van der Waals surface area contributed by atoms with Crippen LogP contribution in [0.5, 0.6) is 0 Å². The van der Waals surface area contributed by atoms with Crippen LogP contribution in [0, 0.1) is 10.8 Å². The number of rotatable bonds is 2. The van der Waals surface area contributed by atoms with E-state index in [1.165, 1.54) is 0 Å². The van der Waals surface area contributed by atoms with Crippen molar-refractivity contribution in [1.82, 2.24) is 0 Å². The van der Waals surface area contributed by atoms with Crippen molar-refractivity contribution in [3.05, 3.63) is 18.2 Å². The summed E-state index contributed by atoms with van der Waals surface area (Å²) in [6.07, 6.45) is 0. The summed E-state index contributed by atoms with van der Waals surface area (Å²) in [6, 6.07) is 3.99. The summed E-state index contributed by atoms with van der Waals surface area (Å²) >= 11 is 0. The zero-order chi connectivity index (χ0) is 17.1. The maximum Gasteiger partial charge on any atom is 0.243 e. The zero-order valence-corrected chi connectivity index (χ0v) is 15.2. The van der Waals surface area contributed by atoms with E-state index in [0.29, 0.717) is 11.0 Å². The van der Waals surface area contributed by atoms with Gasteiger partial charge in [0.05, 0.1) is 0 Å². The Kier molecular flexibility index (Phi) is 4.09. The first-order valence-corrected chi connectivity index (χ1v) is 10.2. The van der Waals surface area contributed by atoms with Crippen molar-refractivity contribution < 1.29 is 14.8 Å². The van der Waals surface area contributed by atoms with E-state index in [2.05, 4.69) is 0 Å². The van der Waals surface area contributed by atoms with Gasteiger partial charge in [0.25, 0.3) is 0 Å². The number of benzene rings is 1. The number of nitrogens with two attached hydrogens (primary N) is 1. The fraction of sp³-hybridized carbons (Fsp3) is 0.625. The van der Waals surface area contributed by atoms with Crippen LogP contribution in [0.4, 0.5) is 5.69 Å². The van der Waals surface area contributed by atoms with Crippen molar-refractivity contribution in [2.45, 2.75) is 39.7 Å². The Balaban J connectivity index is 2.56. The second kappa shape index (κ2) is 5.12. The van der Waals surface area contributed by atoms with Gasteiger partial charge in [0.2, 0.25) is 6.71 Å². The van der Waals surface area contributed by atoms with Gasteiger partial charge in [-0.05, 0) is 30.2 Å². The molecule has 1 fully saturated rings. The van der Waals surface area contributed by atoms with Gasteiger partial charge in [-0.3, -0.25) is 0 Å². The Morgan fingerprint density at radius 1 is 1.09 bits per heavy atom. The van der Waals surface area contributed by atoms with E-state index >= 15 is 0 Å². The predicted molar refractivity (Wildman–Crippen MR) is 94.9 cm³/mol. The minimum Gasteiger partial charge on any atom is -0.400 e. The molecule has 1 heterocycles. The highest BCUT2D eigenvalue weighted by Gasteiger charge is 2.61. The molecule has 0 amide bonds. The van der Waals surface area contributed by atoms with Crippen LogP contribution in [0.1, 0.15) is 27.7 Å². The molecule has 1 aliphatic rings. The largest absolute Gasteiger partial charge is 0.400 e. The molecule has 2 atom stereocenters. The Morgan fingerprint density at radius 3 is 1.95 bits per heavy atom. The molecule has 0 spiro atoms. The average Bonchev–Trinajstić information content (AvgIpc) is 2.49. The first-order chi connectivity index (χ1) is 9.81. The molecule has 6 heteroatoms. The third-order valence-electron chi connectivity index (χ3n) is 5.84. The molecule has 0 radical (unpaired) electrons. The number of hydrogen-bond acceptors (Lipinski definition) is 4. The third-order valence-corrected chi connectivity index (χ3v) is 7.39. The molecule has 1 aromatic rings. The number of aliphatic hydroxyl groups is 2. The van der Waals surface area contributed by atoms with E-state index in [1.807, 2.05) is 33.8 Å². The van der Waals surface area contributed by atoms with Crippen LogP contribution in [0.25, 0.3) is 0 Å². The monoisotopic (exact) mass is 323 g/mol. The number of aliphatic hydroxyl groups excluding tert-OH is 2. The zero-order valence-electron chi connectivity index (χ0n) is 14.3. The Hall–Kier alpha value is -0.765. The van der Waals surface area contributed by atoms with Crippen molar-refractivity contribution in [3.8, 4) is 0 Å². The first kappa shape index (κ1) is 17.6. The van der Waals surface area contributed by atoms with Crippen molar-refractivity contribution in [2.24, 2.45) is 10.8 Å². The van der Waals surface area contributed by atoms with Gasteiger partial charge in [-0.2, -0.15) is 0 Å². The van der Waals surface area contributed by atoms with Gasteiger partial charge in [-0.25, -0.2) is 0 Å². The number of hydrogen-bond donors (Lipinski definition) is 3. The van der Waals surface area contributed by atoms with Crippen molar-refractivity contribution in [2.75, 3.05) is 19.1 Å². The van der Waals surface area contributed by atoms with Crippen molar-refractivity contribution in [1.29, 1.82) is 0 Å². The summed E-state index contributed by atoms with van der Waals surface area (Å²) in [5, 5.41) is 22.2. The van der Waals surface area contributed by atoms with Crippen molar-refractivity contribution >= 4 is 30.3 Å². The maximum atomic E-state index is 12.4. The summed E-state index contributed by atoms with van der Waals surface area (Å²) in [6.45, 7) is 10.9. The molecule has 122 valence electrons. The summed E-state index contributed by atoms with van der Waals surface area (Å²) in [5.41, 5.74) is 6.39. The van der Waals surface area contributed by atoms with E-state index in [4.69, 9.17) is 5.73 Å². The Bertz CT molecular complexity index is 618. The number of nitrogen functional groups attached to an aromatic ring is 1. The highest BCUT2D eigenvalue weighted by atomic mass is 31.2. The van der Waals surface area contributed by atoms with Gasteiger partial charge >= 0.3 is 0 Å². The van der Waals surface area contributed by atoms with Gasteiger partial charge in [-0.15, -0.1) is 0 Å². The third kappa shape index (κ3) is 2.44. The molecule has 2 rings (SSSR count). The standard InChI is InChI=1S/C16H27BNO3P/c1-15(2)13(19)17(14(20)16(15,3)4)10-7-8-11(18)12(9-10)22(5,6)21/h7-9,13-14,19-20H,18H2,1-6H3. The minimum atomic E-state index is -2.52. The first-order valence-electron chi connectivity index (χ1n) is 7.63. The molecular weight excluding hydrogens is 296 g/mol. The second-order valence-corrected chi connectivity index (χ2v) is 11.2. The molecule has 0 aromatic heterocycles. The number of anilines is 1. The summed E-state index contributed by atoms with van der Waals surface area (Å²) in [7, 11) is -2.52. The molecule has 2 unspecified atom stereocenters. The normalized spacial score (nSPS) is 27.2. The van der Waals surface area contributed by atoms with E-state index in [-0.39, 0.29) is 0 Å². The molecule has 22 heavy (non-hydrogen) atoms. The summed E-state index contributed by atoms with van der Waals surface area (Å²) < 4.78 is 12.4. The van der Waals surface area contributed by atoms with Gasteiger partial charge in [0.1, 0.15) is 7.14 Å². The van der Waals surface area contributed by atoms with Gasteiger partial charge in [0.15, 0.2) is 0 Å². The molecule has 0 bridgehead atoms. The SMILES string of the molecule is CC1(C)C(O)B(c2ccc(N)c(P(C)(C)=O)c2)C(O)C1(C)C. The lowest BCUT2D eigenvalue weighted by Gasteiger charge is -2.39. The van der Waals surface area contributed by atoms with Crippen molar-refractivity contribution in [3.63, 3.8) is 0 Å². The van der Waals surface area contributed by atoms with Crippen LogP contribution >= 0.6 is 7.14 Å². The van der Waals surface area contributed by atoms with Crippen LogP contribution in [-0.4, -0.2) is 42.3 Å². The van der Waals surface area contributed by atoms with Crippen LogP contribution in [-0.2, 0) is 4.57 Å². The molecule has 1 aromatic carbocycles. The highest BCUT2D eigenvalue weighted by molar-refractivity contribution is 7.70. The van der Waals surface area contributed by atoms with Crippen LogP contribution in [0.3, 0.4) is 0 Å². The van der Waals surface area contributed by atoms with E-state index in [0.717, 1.165) is 5.46 Å². The van der Waals surface area contributed by atoms with Crippen LogP contribution in [0.15, 0.2) is 18.2 Å². The second-order valence-electron chi connectivity index (χ2n) is 8.03. The van der Waals surface area contributed by atoms with Crippen LogP contribution in [0.2, 0.25) is 0 Å². The Labute approximate surface area is 133 Å². The molecule has 0 aliphatic carbocycles. The predicted octanol–water partition coefficient (Wildman–Crippen LogP) is 1.08. The summed E-state index contributed by atoms with van der Waals surface area (Å²) in [4.78, 5) is 0. The lowest BCUT2D eigenvalue weighted by molar-refractivity contribution is -0.00955. The van der Waals surface area contributed by atoms with Gasteiger partial charge in [0, 0.05) is 23.0 Å². The quantitative estimate of drug-likeness (QED) is 0.432. The van der Waals surface area contributed by atoms with E-state index < -0.39 is 36.7 Å². The van der Waals surface area contributed by atoms with Gasteiger partial charge < -0.3 is 20.5 Å². The minimum absolute atomic E-state index is 0.407. The maximum absolute atomic E-state index is 12.4. The molecular formula is C16H27BNO3P. The smallest absolute Gasteiger partial charge is 0.243 e. The van der Waals surface area contributed by atoms with E-state index in [9.17, 15) is 14.8 Å². The summed E-state index contributed by atoms with van der Waals surface area (Å²) in [5.74, 6) is 0. The fourth-order valence-corrected chi connectivity index (χ4v) is 4.59. The Morgan fingerprint density at radius 2 is 1.55 bits per heavy atom. The van der Waals surface area contributed by atoms with Crippen LogP contribution < -0.4 is 16.5 Å². The molecule has 4 nitrogen and oxygen atoms in total. The fourth-order valence-electron chi connectivity index (χ4n) is 3.43. The lowest BCUT2D eigenvalue weighted by Crippen LogP contribution is -2.49. The topological polar surface area (TPSA) is 83.5 Å². The van der Waals surface area contributed by atoms with E-state index in [1.54, 1.807) is 25.5 Å². The molecule has 0 saturated carbocycles. The average molecular weight is 323 g/mol.